The Morgan fingerprint density at radius 2 is 2.27 bits per heavy atom. The van der Waals surface area contributed by atoms with Crippen molar-refractivity contribution in [2.75, 3.05) is 13.7 Å². The van der Waals surface area contributed by atoms with Crippen LogP contribution in [0.25, 0.3) is 0 Å². The van der Waals surface area contributed by atoms with Crippen LogP contribution in [0.2, 0.25) is 0 Å². The molecule has 0 saturated carbocycles. The molecular formula is C11H20N2OS. The van der Waals surface area contributed by atoms with Crippen molar-refractivity contribution in [1.82, 2.24) is 10.3 Å². The number of aromatic nitrogens is 1. The van der Waals surface area contributed by atoms with Gasteiger partial charge >= 0.3 is 0 Å². The van der Waals surface area contributed by atoms with Crippen LogP contribution >= 0.6 is 11.3 Å². The molecule has 1 atom stereocenters. The molecule has 0 aliphatic heterocycles. The Labute approximate surface area is 95.9 Å². The van der Waals surface area contributed by atoms with Crippen LogP contribution in [0.3, 0.4) is 0 Å². The second-order valence-electron chi connectivity index (χ2n) is 4.06. The number of hydrogen-bond donors (Lipinski definition) is 1. The van der Waals surface area contributed by atoms with E-state index in [9.17, 15) is 0 Å². The van der Waals surface area contributed by atoms with E-state index in [0.717, 1.165) is 11.6 Å². The van der Waals surface area contributed by atoms with Gasteiger partial charge in [0.2, 0.25) is 0 Å². The Bertz CT molecular complexity index is 309. The summed E-state index contributed by atoms with van der Waals surface area (Å²) in [5, 5.41) is 4.41. The van der Waals surface area contributed by atoms with Gasteiger partial charge in [-0.3, -0.25) is 0 Å². The number of ether oxygens (including phenoxy) is 1. The molecule has 0 aliphatic carbocycles. The van der Waals surface area contributed by atoms with Crippen molar-refractivity contribution in [2.24, 2.45) is 0 Å². The summed E-state index contributed by atoms with van der Waals surface area (Å²) in [5.41, 5.74) is -0.283. The van der Waals surface area contributed by atoms with Crippen molar-refractivity contribution in [3.63, 3.8) is 0 Å². The molecule has 4 heteroatoms. The van der Waals surface area contributed by atoms with E-state index in [0.29, 0.717) is 6.04 Å². The first-order valence-corrected chi connectivity index (χ1v) is 6.07. The zero-order valence-electron chi connectivity index (χ0n) is 10.1. The van der Waals surface area contributed by atoms with Crippen LogP contribution in [0.1, 0.15) is 43.6 Å². The van der Waals surface area contributed by atoms with E-state index in [4.69, 9.17) is 4.74 Å². The monoisotopic (exact) mass is 228 g/mol. The van der Waals surface area contributed by atoms with Gasteiger partial charge in [0.1, 0.15) is 10.6 Å². The van der Waals surface area contributed by atoms with Crippen molar-refractivity contribution in [3.8, 4) is 0 Å². The Hall–Kier alpha value is -0.450. The molecule has 0 spiro atoms. The average Bonchev–Trinajstić information content (AvgIpc) is 2.67. The van der Waals surface area contributed by atoms with E-state index in [1.165, 1.54) is 4.88 Å². The van der Waals surface area contributed by atoms with Gasteiger partial charge in [-0.1, -0.05) is 6.92 Å². The van der Waals surface area contributed by atoms with Crippen LogP contribution in [-0.2, 0) is 10.3 Å². The predicted molar refractivity (Wildman–Crippen MR) is 64.2 cm³/mol. The number of thiazole rings is 1. The van der Waals surface area contributed by atoms with Gasteiger partial charge in [0.25, 0.3) is 0 Å². The van der Waals surface area contributed by atoms with Crippen molar-refractivity contribution < 1.29 is 4.74 Å². The molecule has 0 saturated heterocycles. The maximum atomic E-state index is 5.40. The minimum absolute atomic E-state index is 0.283. The van der Waals surface area contributed by atoms with Gasteiger partial charge in [0, 0.05) is 24.2 Å². The molecule has 1 heterocycles. The minimum atomic E-state index is -0.283. The third-order valence-electron chi connectivity index (χ3n) is 2.49. The first-order valence-electron chi connectivity index (χ1n) is 5.26. The van der Waals surface area contributed by atoms with Crippen LogP contribution in [-0.4, -0.2) is 18.6 Å². The van der Waals surface area contributed by atoms with Crippen LogP contribution in [0.5, 0.6) is 0 Å². The Kier molecular flexibility index (Phi) is 4.25. The summed E-state index contributed by atoms with van der Waals surface area (Å²) in [5.74, 6) is 0. The maximum Gasteiger partial charge on any atom is 0.124 e. The zero-order valence-corrected chi connectivity index (χ0v) is 10.9. The average molecular weight is 228 g/mol. The van der Waals surface area contributed by atoms with Crippen LogP contribution in [0.4, 0.5) is 0 Å². The second-order valence-corrected chi connectivity index (χ2v) is 5.12. The largest absolute Gasteiger partial charge is 0.372 e. The number of nitrogens with zero attached hydrogens (tertiary/aromatic N) is 1. The predicted octanol–water partition coefficient (Wildman–Crippen LogP) is 2.70. The molecule has 1 N–H and O–H groups in total. The van der Waals surface area contributed by atoms with E-state index in [1.54, 1.807) is 18.4 Å². The highest BCUT2D eigenvalue weighted by Gasteiger charge is 2.24. The lowest BCUT2D eigenvalue weighted by molar-refractivity contribution is 0.0190. The lowest BCUT2D eigenvalue weighted by atomic mass is 10.1. The fourth-order valence-corrected chi connectivity index (χ4v) is 2.28. The summed E-state index contributed by atoms with van der Waals surface area (Å²) < 4.78 is 5.40. The van der Waals surface area contributed by atoms with Crippen molar-refractivity contribution in [3.05, 3.63) is 16.1 Å². The smallest absolute Gasteiger partial charge is 0.124 e. The summed E-state index contributed by atoms with van der Waals surface area (Å²) in [6.45, 7) is 9.31. The van der Waals surface area contributed by atoms with Crippen molar-refractivity contribution in [2.45, 2.75) is 39.3 Å². The molecule has 1 aromatic heterocycles. The van der Waals surface area contributed by atoms with Crippen LogP contribution in [0.15, 0.2) is 6.20 Å². The molecule has 0 aromatic carbocycles. The van der Waals surface area contributed by atoms with Gasteiger partial charge in [-0.2, -0.15) is 0 Å². The molecule has 0 bridgehead atoms. The standard InChI is InChI=1S/C11H20N2OS/c1-6-12-8(2)9-7-13-10(15-9)11(3,4)14-5/h7-8,12H,6H2,1-5H3. The Balaban J connectivity index is 2.80. The molecule has 1 rings (SSSR count). The van der Waals surface area contributed by atoms with E-state index in [1.807, 2.05) is 20.0 Å². The highest BCUT2D eigenvalue weighted by atomic mass is 32.1. The molecule has 0 amide bonds. The lowest BCUT2D eigenvalue weighted by Crippen LogP contribution is -2.19. The Morgan fingerprint density at radius 3 is 2.80 bits per heavy atom. The molecule has 1 unspecified atom stereocenters. The highest BCUT2D eigenvalue weighted by Crippen LogP contribution is 2.30. The van der Waals surface area contributed by atoms with E-state index in [-0.39, 0.29) is 5.60 Å². The molecule has 0 radical (unpaired) electrons. The van der Waals surface area contributed by atoms with Gasteiger partial charge in [0.15, 0.2) is 0 Å². The summed E-state index contributed by atoms with van der Waals surface area (Å²) in [4.78, 5) is 5.68. The van der Waals surface area contributed by atoms with Gasteiger partial charge in [-0.25, -0.2) is 4.98 Å². The fraction of sp³-hybridized carbons (Fsp3) is 0.727. The summed E-state index contributed by atoms with van der Waals surface area (Å²) in [7, 11) is 1.72. The third-order valence-corrected chi connectivity index (χ3v) is 3.97. The van der Waals surface area contributed by atoms with Crippen LogP contribution in [0, 0.1) is 0 Å². The molecule has 3 nitrogen and oxygen atoms in total. The normalized spacial score (nSPS) is 14.2. The highest BCUT2D eigenvalue weighted by molar-refractivity contribution is 7.11. The SMILES string of the molecule is CCNC(C)c1cnc(C(C)(C)OC)s1. The summed E-state index contributed by atoms with van der Waals surface area (Å²) >= 11 is 1.71. The number of hydrogen-bond acceptors (Lipinski definition) is 4. The quantitative estimate of drug-likeness (QED) is 0.841. The summed E-state index contributed by atoms with van der Waals surface area (Å²) in [6.07, 6.45) is 1.94. The van der Waals surface area contributed by atoms with E-state index in [2.05, 4.69) is 24.1 Å². The Morgan fingerprint density at radius 1 is 1.60 bits per heavy atom. The molecule has 0 fully saturated rings. The molecule has 86 valence electrons. The minimum Gasteiger partial charge on any atom is -0.372 e. The van der Waals surface area contributed by atoms with Gasteiger partial charge in [-0.05, 0) is 27.3 Å². The lowest BCUT2D eigenvalue weighted by Gasteiger charge is -2.19. The molecule has 0 aliphatic rings. The molecule has 15 heavy (non-hydrogen) atoms. The van der Waals surface area contributed by atoms with Crippen LogP contribution < -0.4 is 5.32 Å². The second kappa shape index (κ2) is 5.05. The molecular weight excluding hydrogens is 208 g/mol. The van der Waals surface area contributed by atoms with Crippen molar-refractivity contribution in [1.29, 1.82) is 0 Å². The zero-order chi connectivity index (χ0) is 11.5. The topological polar surface area (TPSA) is 34.2 Å². The first kappa shape index (κ1) is 12.6. The number of methoxy groups -OCH3 is 1. The summed E-state index contributed by atoms with van der Waals surface area (Å²) in [6, 6.07) is 0.369. The van der Waals surface area contributed by atoms with E-state index < -0.39 is 0 Å². The number of nitrogens with one attached hydrogen (secondary N) is 1. The van der Waals surface area contributed by atoms with Gasteiger partial charge < -0.3 is 10.1 Å². The first-order chi connectivity index (χ1) is 7.01. The van der Waals surface area contributed by atoms with Gasteiger partial charge in [0.05, 0.1) is 0 Å². The van der Waals surface area contributed by atoms with E-state index >= 15 is 0 Å². The fourth-order valence-electron chi connectivity index (χ4n) is 1.26. The maximum absolute atomic E-state index is 5.40. The van der Waals surface area contributed by atoms with Crippen molar-refractivity contribution >= 4 is 11.3 Å². The molecule has 1 aromatic rings. The van der Waals surface area contributed by atoms with Gasteiger partial charge in [-0.15, -0.1) is 11.3 Å². The number of rotatable bonds is 5. The third kappa shape index (κ3) is 3.00.